The Balaban J connectivity index is 0.000000115. The van der Waals surface area contributed by atoms with Crippen molar-refractivity contribution in [3.8, 4) is 0 Å². The number of hydrogen-bond acceptors (Lipinski definition) is 32. The monoisotopic (exact) mass is 2130 g/mol. The zero-order chi connectivity index (χ0) is 109. The molecule has 8 heterocycles. The minimum absolute atomic E-state index is 0.000649. The number of fused-ring (bicyclic) bond motifs is 8. The van der Waals surface area contributed by atoms with Crippen molar-refractivity contribution >= 4 is 95.5 Å². The summed E-state index contributed by atoms with van der Waals surface area (Å²) in [5, 5.41) is 0. The van der Waals surface area contributed by atoms with E-state index in [0.29, 0.717) is 77.0 Å². The molecule has 24 fully saturated rings. The molecule has 0 amide bonds. The van der Waals surface area contributed by atoms with Crippen molar-refractivity contribution in [3.63, 3.8) is 0 Å². The Hall–Kier alpha value is -9.46. The van der Waals surface area contributed by atoms with E-state index in [-0.39, 0.29) is 244 Å². The standard InChI is InChI=1S/C14H17F3O4.C13H15F3O4.2C13H16F2O4.C13H17FO4.3C12H15FO4/c1-13(2,14(15,16)17)12(19)20-5-9-6-3-7-8(4-6)11(18)21-10(7)9;1-12(2,13(14,15)16)11(18)20-8-5-3-6-7(4-5)10(17)19-9(6)8;1-12(2)6-4-5-7(12)9(18-10(5)16)8(6)19-11(17)13(3,14)15;1-12(2)6-4-5-7(12)10(16)18-8(5)9(6)19-11(17)13(3,14)15;1-13(2,14)12(16)17-5-9-6-3-7-8(4-6)11(15)18-10(7)9;3*1-12(2,13)11(15)17-8-5-3-6-7(4-5)10(14)16-9(6)8/h6-10H,3-5H2,1-2H3;5-9H,3-4H2,1-2H3;2*5-9H,4H2,1-3H3;6-10H,3-5H2,1-2H3;3*5-9H,3-4H2,1-2H3. The lowest BCUT2D eigenvalue weighted by molar-refractivity contribution is -0.231. The summed E-state index contributed by atoms with van der Waals surface area (Å²) in [6, 6.07) is 0. The van der Waals surface area contributed by atoms with Crippen molar-refractivity contribution in [2.45, 2.75) is 347 Å². The lowest BCUT2D eigenvalue weighted by Crippen LogP contribution is -2.46. The molecule has 824 valence electrons. The van der Waals surface area contributed by atoms with Crippen LogP contribution in [0.5, 0.6) is 0 Å². The summed E-state index contributed by atoms with van der Waals surface area (Å²) in [6.45, 7) is 21.5. The first-order chi connectivity index (χ1) is 68.0. The second-order valence-corrected chi connectivity index (χ2v) is 49.5. The fourth-order valence-electron chi connectivity index (χ4n) is 29.1. The van der Waals surface area contributed by atoms with Gasteiger partial charge in [-0.1, -0.05) is 27.7 Å². The van der Waals surface area contributed by atoms with Crippen LogP contribution in [0.15, 0.2) is 0 Å². The maximum Gasteiger partial charge on any atom is 0.404 e. The van der Waals surface area contributed by atoms with E-state index < -0.39 is 160 Å². The van der Waals surface area contributed by atoms with Crippen molar-refractivity contribution in [1.82, 2.24) is 0 Å². The van der Waals surface area contributed by atoms with Gasteiger partial charge in [-0.05, 0) is 196 Å². The van der Waals surface area contributed by atoms with Gasteiger partial charge in [-0.3, -0.25) is 47.9 Å². The predicted molar refractivity (Wildman–Crippen MR) is 465 cm³/mol. The largest absolute Gasteiger partial charge is 0.465 e. The van der Waals surface area contributed by atoms with E-state index in [0.717, 1.165) is 66.2 Å². The number of carbonyl (C=O) groups is 16. The minimum Gasteiger partial charge on any atom is -0.465 e. The van der Waals surface area contributed by atoms with E-state index >= 15 is 0 Å². The van der Waals surface area contributed by atoms with Gasteiger partial charge >= 0.3 is 120 Å². The molecule has 0 spiro atoms. The fourth-order valence-corrected chi connectivity index (χ4v) is 29.1. The fraction of sp³-hybridized carbons (Fsp3) is 0.843. The van der Waals surface area contributed by atoms with E-state index in [4.69, 9.17) is 75.8 Å². The van der Waals surface area contributed by atoms with Gasteiger partial charge in [-0.25, -0.2) is 46.3 Å². The van der Waals surface area contributed by atoms with Gasteiger partial charge in [0.05, 0.1) is 60.6 Å². The predicted octanol–water partition coefficient (Wildman–Crippen LogP) is 13.1. The average molecular weight is 2130 g/mol. The highest BCUT2D eigenvalue weighted by Crippen LogP contribution is 2.69. The Morgan fingerprint density at radius 3 is 0.818 bits per heavy atom. The zero-order valence-electron chi connectivity index (χ0n) is 84.8. The van der Waals surface area contributed by atoms with Gasteiger partial charge in [0, 0.05) is 109 Å². The summed E-state index contributed by atoms with van der Waals surface area (Å²) in [4.78, 5) is 185. The highest BCUT2D eigenvalue weighted by atomic mass is 19.4. The maximum absolute atomic E-state index is 13.4. The number of hydrogen-bond donors (Lipinski definition) is 0. The third kappa shape index (κ3) is 19.1. The molecule has 148 heavy (non-hydrogen) atoms. The molecule has 8 aliphatic heterocycles. The summed E-state index contributed by atoms with van der Waals surface area (Å²) in [7, 11) is 0. The van der Waals surface area contributed by atoms with Gasteiger partial charge in [0.2, 0.25) is 22.7 Å². The third-order valence-electron chi connectivity index (χ3n) is 37.1. The van der Waals surface area contributed by atoms with Gasteiger partial charge in [0.25, 0.3) is 0 Å². The summed E-state index contributed by atoms with van der Waals surface area (Å²) < 4.78 is 265. The molecule has 16 aliphatic carbocycles. The molecule has 16 bridgehead atoms. The van der Waals surface area contributed by atoms with Crippen LogP contribution in [0.25, 0.3) is 0 Å². The third-order valence-corrected chi connectivity index (χ3v) is 37.1. The van der Waals surface area contributed by atoms with Crippen LogP contribution < -0.4 is 0 Å². The first kappa shape index (κ1) is 110. The van der Waals surface area contributed by atoms with E-state index in [9.17, 15) is 138 Å². The normalized spacial score (nSPS) is 41.2. The topological polar surface area (TPSA) is 421 Å². The molecule has 0 radical (unpaired) electrons. The van der Waals surface area contributed by atoms with Crippen LogP contribution in [0.3, 0.4) is 0 Å². The Morgan fingerprint density at radius 1 is 0.257 bits per heavy atom. The highest BCUT2D eigenvalue weighted by Gasteiger charge is 2.76. The van der Waals surface area contributed by atoms with E-state index in [2.05, 4.69) is 0 Å². The maximum atomic E-state index is 13.4. The summed E-state index contributed by atoms with van der Waals surface area (Å²) in [6.07, 6.45) is -5.37. The zero-order valence-corrected chi connectivity index (χ0v) is 84.8. The van der Waals surface area contributed by atoms with Crippen LogP contribution in [0.2, 0.25) is 0 Å². The number of rotatable bonds is 18. The lowest BCUT2D eigenvalue weighted by atomic mass is 9.68. The van der Waals surface area contributed by atoms with Crippen LogP contribution >= 0.6 is 0 Å². The highest BCUT2D eigenvalue weighted by molar-refractivity contribution is 5.86. The Morgan fingerprint density at radius 2 is 0.500 bits per heavy atom. The van der Waals surface area contributed by atoms with Crippen LogP contribution in [-0.4, -0.2) is 241 Å². The van der Waals surface area contributed by atoms with E-state index in [1.54, 1.807) is 0 Å². The minimum atomic E-state index is -4.67. The first-order valence-corrected chi connectivity index (χ1v) is 50.9. The Kier molecular flexibility index (Phi) is 27.6. The van der Waals surface area contributed by atoms with Gasteiger partial charge in [0.1, 0.15) is 85.5 Å². The van der Waals surface area contributed by atoms with Crippen molar-refractivity contribution in [3.05, 3.63) is 0 Å². The summed E-state index contributed by atoms with van der Waals surface area (Å²) >= 11 is 0. The van der Waals surface area contributed by atoms with Gasteiger partial charge in [-0.15, -0.1) is 0 Å². The van der Waals surface area contributed by atoms with Crippen LogP contribution in [0.1, 0.15) is 215 Å². The molecule has 0 aromatic carbocycles. The number of alkyl halides is 14. The Labute approximate surface area is 841 Å². The SMILES string of the molecule is CC(C)(C(=O)OC1C2CC3C(=O)OC1C3C2)C(F)(F)F.CC(C)(C(=O)OCC1C2CC3C(=O)OC1C3C2)C(F)(F)F.CC(C)(F)C(=O)OC1C2CC3C(=O)OC1C3C2.CC(C)(F)C(=O)OC1C2CC3C(=O)OC1C3C2.CC(C)(F)C(=O)OC1C2CC3C(=O)OC1C3C2.CC(C)(F)C(=O)OCC1C2CC3C(=O)OC1C3C2.CC(F)(F)C(=O)OC1C2OC(=O)C3C2CC1C3(C)C.CC(F)(F)C(=O)OC1C2OC(=O)C3CC1C(C)(C)C32. The smallest absolute Gasteiger partial charge is 0.404 e. The van der Waals surface area contributed by atoms with Gasteiger partial charge < -0.3 is 75.8 Å². The summed E-state index contributed by atoms with van der Waals surface area (Å²) in [5.74, 6) is -16.8. The molecular formula is C102H126F14O32. The molecule has 40 unspecified atom stereocenters. The molecule has 0 N–H and O–H groups in total. The number of halogens is 14. The summed E-state index contributed by atoms with van der Waals surface area (Å²) in [5.41, 5.74) is -13.6. The Bertz CT molecular complexity index is 5140. The van der Waals surface area contributed by atoms with Crippen molar-refractivity contribution in [2.75, 3.05) is 13.2 Å². The van der Waals surface area contributed by atoms with Crippen molar-refractivity contribution in [1.29, 1.82) is 0 Å². The van der Waals surface area contributed by atoms with Crippen LogP contribution in [0, 0.1) is 176 Å². The van der Waals surface area contributed by atoms with E-state index in [1.165, 1.54) is 55.4 Å². The average Bonchev–Trinajstić information content (AvgIpc) is 1.52. The molecule has 46 heteroatoms. The molecule has 0 aromatic rings. The van der Waals surface area contributed by atoms with Crippen molar-refractivity contribution < 1.29 is 214 Å². The van der Waals surface area contributed by atoms with Gasteiger partial charge in [0.15, 0.2) is 10.8 Å². The molecular weight excluding hydrogens is 2000 g/mol. The molecule has 0 aromatic heterocycles. The second-order valence-electron chi connectivity index (χ2n) is 49.5. The van der Waals surface area contributed by atoms with Crippen molar-refractivity contribution in [2.24, 2.45) is 176 Å². The molecule has 24 rings (SSSR count). The molecule has 32 nitrogen and oxygen atoms in total. The molecule has 8 saturated heterocycles. The second kappa shape index (κ2) is 37.2. The molecule has 40 atom stereocenters. The quantitative estimate of drug-likeness (QED) is 0.0698. The number of ether oxygens (including phenoxy) is 16. The number of esters is 16. The van der Waals surface area contributed by atoms with E-state index in [1.807, 2.05) is 27.7 Å². The molecule has 24 aliphatic rings. The molecule has 16 saturated carbocycles. The van der Waals surface area contributed by atoms with Gasteiger partial charge in [-0.2, -0.15) is 43.9 Å². The first-order valence-electron chi connectivity index (χ1n) is 50.9. The van der Waals surface area contributed by atoms with Crippen LogP contribution in [-0.2, 0) is 153 Å². The van der Waals surface area contributed by atoms with Crippen LogP contribution in [0.4, 0.5) is 61.5 Å². The number of carbonyl (C=O) groups excluding carboxylic acids is 16. The lowest BCUT2D eigenvalue weighted by Gasteiger charge is -2.37.